The molecule has 2 N–H and O–H groups in total. The van der Waals surface area contributed by atoms with E-state index in [-0.39, 0.29) is 11.6 Å². The number of hydrogen-bond donors (Lipinski definition) is 2. The maximum absolute atomic E-state index is 11.9. The van der Waals surface area contributed by atoms with Crippen molar-refractivity contribution in [1.82, 2.24) is 14.9 Å². The predicted molar refractivity (Wildman–Crippen MR) is 97.1 cm³/mol. The average Bonchev–Trinajstić information content (AvgIpc) is 2.60. The molecule has 1 aromatic heterocycles. The number of unbranched alkanes of at least 4 members (excludes halogenated alkanes) is 1. The lowest BCUT2D eigenvalue weighted by Gasteiger charge is -2.10. The van der Waals surface area contributed by atoms with Crippen LogP contribution >= 0.6 is 0 Å². The Bertz CT molecular complexity index is 741. The molecule has 0 aliphatic carbocycles. The van der Waals surface area contributed by atoms with Crippen LogP contribution in [0.15, 0.2) is 41.6 Å². The van der Waals surface area contributed by atoms with E-state index in [9.17, 15) is 9.59 Å². The molecule has 0 bridgehead atoms. The van der Waals surface area contributed by atoms with E-state index in [2.05, 4.69) is 22.5 Å². The summed E-state index contributed by atoms with van der Waals surface area (Å²) in [6.07, 6.45) is 5.09. The first-order valence-corrected chi connectivity index (χ1v) is 8.39. The number of carbonyl (C=O) groups is 1. The standard InChI is InChI=1S/C18H24N4O3/c1-3-4-11-25-16-7-5-15(6-8-16)21-18(24)20-9-10-22-13-19-12-14(2)17(22)23/h5-8,12-13H,3-4,9-11H2,1-2H3,(H2,20,21,24). The maximum atomic E-state index is 11.9. The number of rotatable bonds is 8. The molecule has 0 unspecified atom stereocenters. The van der Waals surface area contributed by atoms with Crippen molar-refractivity contribution in [2.45, 2.75) is 33.2 Å². The molecular formula is C18H24N4O3. The lowest BCUT2D eigenvalue weighted by atomic mass is 10.3. The number of hydrogen-bond acceptors (Lipinski definition) is 4. The normalized spacial score (nSPS) is 10.3. The van der Waals surface area contributed by atoms with Gasteiger partial charge in [-0.05, 0) is 37.6 Å². The molecule has 1 aromatic carbocycles. The van der Waals surface area contributed by atoms with Gasteiger partial charge in [-0.25, -0.2) is 9.78 Å². The number of aryl methyl sites for hydroxylation is 1. The van der Waals surface area contributed by atoms with Crippen LogP contribution in [-0.4, -0.2) is 28.7 Å². The molecule has 1 heterocycles. The van der Waals surface area contributed by atoms with Crippen LogP contribution in [0.1, 0.15) is 25.3 Å². The van der Waals surface area contributed by atoms with E-state index in [0.29, 0.717) is 30.9 Å². The zero-order valence-corrected chi connectivity index (χ0v) is 14.6. The Balaban J connectivity index is 1.76. The number of aromatic nitrogens is 2. The third kappa shape index (κ3) is 5.95. The van der Waals surface area contributed by atoms with Crippen molar-refractivity contribution in [3.8, 4) is 5.75 Å². The van der Waals surface area contributed by atoms with Crippen LogP contribution < -0.4 is 20.9 Å². The summed E-state index contributed by atoms with van der Waals surface area (Å²) < 4.78 is 7.04. The van der Waals surface area contributed by atoms with E-state index in [0.717, 1.165) is 18.6 Å². The number of benzene rings is 1. The minimum atomic E-state index is -0.326. The van der Waals surface area contributed by atoms with Crippen LogP contribution in [0.2, 0.25) is 0 Å². The van der Waals surface area contributed by atoms with E-state index in [1.54, 1.807) is 19.1 Å². The summed E-state index contributed by atoms with van der Waals surface area (Å²) >= 11 is 0. The van der Waals surface area contributed by atoms with Gasteiger partial charge < -0.3 is 15.4 Å². The van der Waals surface area contributed by atoms with Crippen molar-refractivity contribution in [1.29, 1.82) is 0 Å². The quantitative estimate of drug-likeness (QED) is 0.721. The predicted octanol–water partition coefficient (Wildman–Crippen LogP) is 2.55. The van der Waals surface area contributed by atoms with E-state index in [4.69, 9.17) is 4.74 Å². The molecule has 0 spiro atoms. The molecule has 0 saturated heterocycles. The van der Waals surface area contributed by atoms with Gasteiger partial charge in [0.25, 0.3) is 5.56 Å². The smallest absolute Gasteiger partial charge is 0.319 e. The van der Waals surface area contributed by atoms with Gasteiger partial charge in [0.1, 0.15) is 5.75 Å². The van der Waals surface area contributed by atoms with Gasteiger partial charge in [0.15, 0.2) is 0 Å². The molecular weight excluding hydrogens is 320 g/mol. The summed E-state index contributed by atoms with van der Waals surface area (Å²) in [6.45, 7) is 5.21. The highest BCUT2D eigenvalue weighted by molar-refractivity contribution is 5.89. The summed E-state index contributed by atoms with van der Waals surface area (Å²) in [5.74, 6) is 0.783. The molecule has 0 radical (unpaired) electrons. The number of nitrogens with one attached hydrogen (secondary N) is 2. The molecule has 2 amide bonds. The van der Waals surface area contributed by atoms with Crippen molar-refractivity contribution >= 4 is 11.7 Å². The summed E-state index contributed by atoms with van der Waals surface area (Å²) in [5, 5.41) is 5.45. The zero-order chi connectivity index (χ0) is 18.1. The fraction of sp³-hybridized carbons (Fsp3) is 0.389. The van der Waals surface area contributed by atoms with Crippen LogP contribution in [-0.2, 0) is 6.54 Å². The lowest BCUT2D eigenvalue weighted by Crippen LogP contribution is -2.34. The Labute approximate surface area is 147 Å². The van der Waals surface area contributed by atoms with Gasteiger partial charge in [0.05, 0.1) is 12.9 Å². The Morgan fingerprint density at radius 2 is 2.04 bits per heavy atom. The first-order valence-electron chi connectivity index (χ1n) is 8.39. The van der Waals surface area contributed by atoms with Crippen molar-refractivity contribution in [2.24, 2.45) is 0 Å². The molecule has 0 aliphatic rings. The second-order valence-electron chi connectivity index (χ2n) is 5.68. The number of ether oxygens (including phenoxy) is 1. The SMILES string of the molecule is CCCCOc1ccc(NC(=O)NCCn2cncc(C)c2=O)cc1. The highest BCUT2D eigenvalue weighted by Gasteiger charge is 2.03. The Morgan fingerprint density at radius 3 is 2.76 bits per heavy atom. The number of carbonyl (C=O) groups excluding carboxylic acids is 1. The summed E-state index contributed by atoms with van der Waals surface area (Å²) in [5.41, 5.74) is 1.15. The Morgan fingerprint density at radius 1 is 1.28 bits per heavy atom. The van der Waals surface area contributed by atoms with Crippen LogP contribution in [0.4, 0.5) is 10.5 Å². The monoisotopic (exact) mass is 344 g/mol. The molecule has 2 aromatic rings. The van der Waals surface area contributed by atoms with Crippen LogP contribution in [0.25, 0.3) is 0 Å². The van der Waals surface area contributed by atoms with Gasteiger partial charge in [0, 0.05) is 30.5 Å². The molecule has 0 aliphatic heterocycles. The number of anilines is 1. The molecule has 25 heavy (non-hydrogen) atoms. The first kappa shape index (κ1) is 18.5. The topological polar surface area (TPSA) is 85.2 Å². The van der Waals surface area contributed by atoms with Gasteiger partial charge >= 0.3 is 6.03 Å². The van der Waals surface area contributed by atoms with Crippen molar-refractivity contribution in [3.05, 3.63) is 52.7 Å². The fourth-order valence-corrected chi connectivity index (χ4v) is 2.15. The average molecular weight is 344 g/mol. The van der Waals surface area contributed by atoms with Gasteiger partial charge in [-0.3, -0.25) is 9.36 Å². The van der Waals surface area contributed by atoms with Gasteiger partial charge in [-0.2, -0.15) is 0 Å². The number of urea groups is 1. The second-order valence-corrected chi connectivity index (χ2v) is 5.68. The Hall–Kier alpha value is -2.83. The van der Waals surface area contributed by atoms with E-state index in [1.165, 1.54) is 17.1 Å². The van der Waals surface area contributed by atoms with Crippen molar-refractivity contribution in [3.63, 3.8) is 0 Å². The summed E-state index contributed by atoms with van der Waals surface area (Å²) in [7, 11) is 0. The molecule has 0 saturated carbocycles. The van der Waals surface area contributed by atoms with Crippen molar-refractivity contribution in [2.75, 3.05) is 18.5 Å². The summed E-state index contributed by atoms with van der Waals surface area (Å²) in [6, 6.07) is 6.89. The third-order valence-electron chi connectivity index (χ3n) is 3.59. The van der Waals surface area contributed by atoms with Crippen LogP contribution in [0.3, 0.4) is 0 Å². The van der Waals surface area contributed by atoms with Crippen molar-refractivity contribution < 1.29 is 9.53 Å². The largest absolute Gasteiger partial charge is 0.494 e. The van der Waals surface area contributed by atoms with Gasteiger partial charge in [-0.15, -0.1) is 0 Å². The molecule has 2 rings (SSSR count). The molecule has 0 fully saturated rings. The van der Waals surface area contributed by atoms with Crippen LogP contribution in [0.5, 0.6) is 5.75 Å². The van der Waals surface area contributed by atoms with Gasteiger partial charge in [-0.1, -0.05) is 13.3 Å². The van der Waals surface area contributed by atoms with Gasteiger partial charge in [0.2, 0.25) is 0 Å². The zero-order valence-electron chi connectivity index (χ0n) is 14.6. The Kier molecular flexibility index (Phi) is 7.00. The van der Waals surface area contributed by atoms with E-state index >= 15 is 0 Å². The van der Waals surface area contributed by atoms with Crippen LogP contribution in [0, 0.1) is 6.92 Å². The number of amides is 2. The van der Waals surface area contributed by atoms with E-state index in [1.807, 2.05) is 12.1 Å². The third-order valence-corrected chi connectivity index (χ3v) is 3.59. The minimum Gasteiger partial charge on any atom is -0.494 e. The first-order chi connectivity index (χ1) is 12.1. The highest BCUT2D eigenvalue weighted by Crippen LogP contribution is 2.15. The molecule has 7 heteroatoms. The number of nitrogens with zero attached hydrogens (tertiary/aromatic N) is 2. The fourth-order valence-electron chi connectivity index (χ4n) is 2.15. The summed E-state index contributed by atoms with van der Waals surface area (Å²) in [4.78, 5) is 27.7. The second kappa shape index (κ2) is 9.46. The molecule has 134 valence electrons. The highest BCUT2D eigenvalue weighted by atomic mass is 16.5. The van der Waals surface area contributed by atoms with E-state index < -0.39 is 0 Å². The maximum Gasteiger partial charge on any atom is 0.319 e. The molecule has 0 atom stereocenters. The lowest BCUT2D eigenvalue weighted by molar-refractivity contribution is 0.251. The molecule has 7 nitrogen and oxygen atoms in total. The minimum absolute atomic E-state index is 0.101.